The summed E-state index contributed by atoms with van der Waals surface area (Å²) in [5, 5.41) is -1.54. The quantitative estimate of drug-likeness (QED) is 0.684. The first-order chi connectivity index (χ1) is 5.54. The second-order valence-electron chi connectivity index (χ2n) is 2.10. The fraction of sp³-hybridized carbons (Fsp3) is 0.167. The highest BCUT2D eigenvalue weighted by Crippen LogP contribution is 2.11. The molecule has 4 nitrogen and oxygen atoms in total. The molecule has 6 heteroatoms. The molecule has 0 spiro atoms. The van der Waals surface area contributed by atoms with Crippen LogP contribution in [0.4, 0.5) is 0 Å². The second kappa shape index (κ2) is 3.25. The molecule has 0 unspecified atom stereocenters. The van der Waals surface area contributed by atoms with Gasteiger partial charge in [-0.2, -0.15) is 0 Å². The molecule has 0 saturated heterocycles. The SMILES string of the molecule is Cn1cnc(C(=O)Cl)c1C(=O)Cl. The number of aryl methyl sites for hydroxylation is 1. The Labute approximate surface area is 78.1 Å². The molecule has 0 aliphatic heterocycles. The van der Waals surface area contributed by atoms with E-state index in [0.29, 0.717) is 0 Å². The zero-order chi connectivity index (χ0) is 9.30. The standard InChI is InChI=1S/C6H4Cl2N2O2/c1-10-2-9-3(5(7)11)4(10)6(8)12/h2H,1H3. The maximum atomic E-state index is 10.7. The Hall–Kier alpha value is -0.870. The van der Waals surface area contributed by atoms with Crippen LogP contribution in [0.25, 0.3) is 0 Å². The Bertz CT molecular complexity index is 345. The van der Waals surface area contributed by atoms with Crippen LogP contribution in [-0.2, 0) is 7.05 Å². The van der Waals surface area contributed by atoms with Gasteiger partial charge in [0, 0.05) is 7.05 Å². The van der Waals surface area contributed by atoms with Gasteiger partial charge in [-0.05, 0) is 23.2 Å². The Morgan fingerprint density at radius 2 is 2.00 bits per heavy atom. The zero-order valence-corrected chi connectivity index (χ0v) is 7.56. The number of carbonyl (C=O) groups is 2. The van der Waals surface area contributed by atoms with Crippen LogP contribution in [0.2, 0.25) is 0 Å². The molecule has 0 amide bonds. The molecule has 0 radical (unpaired) electrons. The van der Waals surface area contributed by atoms with Gasteiger partial charge in [0.15, 0.2) is 5.69 Å². The maximum Gasteiger partial charge on any atom is 0.273 e. The highest BCUT2D eigenvalue weighted by Gasteiger charge is 2.19. The third-order valence-electron chi connectivity index (χ3n) is 1.31. The minimum absolute atomic E-state index is 0.0108. The minimum Gasteiger partial charge on any atom is -0.330 e. The molecule has 64 valence electrons. The van der Waals surface area contributed by atoms with E-state index in [2.05, 4.69) is 4.98 Å². The molecule has 0 aliphatic rings. The highest BCUT2D eigenvalue weighted by atomic mass is 35.5. The van der Waals surface area contributed by atoms with Crippen molar-refractivity contribution in [2.75, 3.05) is 0 Å². The van der Waals surface area contributed by atoms with Gasteiger partial charge in [0.1, 0.15) is 5.69 Å². The number of hydrogen-bond donors (Lipinski definition) is 0. The van der Waals surface area contributed by atoms with Crippen molar-refractivity contribution < 1.29 is 9.59 Å². The van der Waals surface area contributed by atoms with Crippen LogP contribution in [0.5, 0.6) is 0 Å². The second-order valence-corrected chi connectivity index (χ2v) is 2.79. The van der Waals surface area contributed by atoms with Crippen LogP contribution >= 0.6 is 23.2 Å². The van der Waals surface area contributed by atoms with E-state index in [0.717, 1.165) is 0 Å². The summed E-state index contributed by atoms with van der Waals surface area (Å²) in [6.45, 7) is 0. The third kappa shape index (κ3) is 1.49. The highest BCUT2D eigenvalue weighted by molar-refractivity contribution is 6.71. The van der Waals surface area contributed by atoms with Crippen LogP contribution in [0.1, 0.15) is 21.0 Å². The molecule has 0 saturated carbocycles. The predicted molar refractivity (Wildman–Crippen MR) is 43.6 cm³/mol. The van der Waals surface area contributed by atoms with Gasteiger partial charge in [-0.1, -0.05) is 0 Å². The van der Waals surface area contributed by atoms with E-state index in [1.165, 1.54) is 10.9 Å². The topological polar surface area (TPSA) is 52.0 Å². The van der Waals surface area contributed by atoms with Crippen molar-refractivity contribution in [2.24, 2.45) is 7.05 Å². The van der Waals surface area contributed by atoms with Crippen LogP contribution in [0.3, 0.4) is 0 Å². The average molecular weight is 207 g/mol. The van der Waals surface area contributed by atoms with E-state index >= 15 is 0 Å². The monoisotopic (exact) mass is 206 g/mol. The van der Waals surface area contributed by atoms with Crippen LogP contribution < -0.4 is 0 Å². The van der Waals surface area contributed by atoms with Crippen molar-refractivity contribution in [2.45, 2.75) is 0 Å². The van der Waals surface area contributed by atoms with Gasteiger partial charge in [0.05, 0.1) is 6.33 Å². The van der Waals surface area contributed by atoms with Crippen molar-refractivity contribution in [1.82, 2.24) is 9.55 Å². The van der Waals surface area contributed by atoms with E-state index in [1.54, 1.807) is 7.05 Å². The fourth-order valence-corrected chi connectivity index (χ4v) is 1.17. The Morgan fingerprint density at radius 3 is 2.33 bits per heavy atom. The van der Waals surface area contributed by atoms with Crippen LogP contribution in [0, 0.1) is 0 Å². The summed E-state index contributed by atoms with van der Waals surface area (Å²) in [6, 6.07) is 0. The Morgan fingerprint density at radius 1 is 1.42 bits per heavy atom. The molecule has 1 aromatic heterocycles. The van der Waals surface area contributed by atoms with E-state index in [9.17, 15) is 9.59 Å². The molecule has 1 rings (SSSR count). The zero-order valence-electron chi connectivity index (χ0n) is 6.04. The van der Waals surface area contributed by atoms with Gasteiger partial charge in [-0.3, -0.25) is 9.59 Å². The normalized spacial score (nSPS) is 9.92. The largest absolute Gasteiger partial charge is 0.330 e. The van der Waals surface area contributed by atoms with E-state index in [1.807, 2.05) is 0 Å². The lowest BCUT2D eigenvalue weighted by atomic mass is 10.3. The van der Waals surface area contributed by atoms with E-state index in [-0.39, 0.29) is 11.4 Å². The van der Waals surface area contributed by atoms with Crippen molar-refractivity contribution in [1.29, 1.82) is 0 Å². The number of imidazole rings is 1. The molecule has 0 fully saturated rings. The molecule has 0 aliphatic carbocycles. The van der Waals surface area contributed by atoms with Crippen LogP contribution in [-0.4, -0.2) is 20.0 Å². The molecule has 0 atom stereocenters. The number of hydrogen-bond acceptors (Lipinski definition) is 3. The predicted octanol–water partition coefficient (Wildman–Crippen LogP) is 1.18. The minimum atomic E-state index is -0.792. The molecule has 1 aromatic rings. The third-order valence-corrected chi connectivity index (χ3v) is 1.67. The lowest BCUT2D eigenvalue weighted by Gasteiger charge is -1.95. The summed E-state index contributed by atoms with van der Waals surface area (Å²) in [5.41, 5.74) is -0.101. The molecule has 0 N–H and O–H groups in total. The first-order valence-electron chi connectivity index (χ1n) is 2.95. The number of halogens is 2. The summed E-state index contributed by atoms with van der Waals surface area (Å²) in [7, 11) is 1.55. The lowest BCUT2D eigenvalue weighted by Crippen LogP contribution is -2.04. The molecule has 0 bridgehead atoms. The summed E-state index contributed by atoms with van der Waals surface area (Å²) < 4.78 is 1.34. The summed E-state index contributed by atoms with van der Waals surface area (Å²) in [4.78, 5) is 25.0. The van der Waals surface area contributed by atoms with Gasteiger partial charge in [-0.25, -0.2) is 4.98 Å². The Balaban J connectivity index is 3.31. The van der Waals surface area contributed by atoms with Gasteiger partial charge in [0.2, 0.25) is 0 Å². The fourth-order valence-electron chi connectivity index (χ4n) is 0.806. The summed E-state index contributed by atoms with van der Waals surface area (Å²) in [6.07, 6.45) is 1.30. The van der Waals surface area contributed by atoms with Gasteiger partial charge >= 0.3 is 0 Å². The van der Waals surface area contributed by atoms with Crippen molar-refractivity contribution in [3.63, 3.8) is 0 Å². The number of aromatic nitrogens is 2. The molecule has 0 aromatic carbocycles. The van der Waals surface area contributed by atoms with Crippen molar-refractivity contribution in [3.8, 4) is 0 Å². The molecular weight excluding hydrogens is 203 g/mol. The van der Waals surface area contributed by atoms with E-state index < -0.39 is 10.5 Å². The summed E-state index contributed by atoms with van der Waals surface area (Å²) in [5.74, 6) is 0. The Kier molecular flexibility index (Phi) is 2.49. The van der Waals surface area contributed by atoms with E-state index in [4.69, 9.17) is 23.2 Å². The maximum absolute atomic E-state index is 10.7. The van der Waals surface area contributed by atoms with Crippen molar-refractivity contribution in [3.05, 3.63) is 17.7 Å². The van der Waals surface area contributed by atoms with Gasteiger partial charge < -0.3 is 4.57 Å². The first kappa shape index (κ1) is 9.22. The van der Waals surface area contributed by atoms with Gasteiger partial charge in [-0.15, -0.1) is 0 Å². The smallest absolute Gasteiger partial charge is 0.273 e. The lowest BCUT2D eigenvalue weighted by molar-refractivity contribution is 0.104. The molecule has 1 heterocycles. The number of rotatable bonds is 2. The van der Waals surface area contributed by atoms with Crippen LogP contribution in [0.15, 0.2) is 6.33 Å². The number of nitrogens with zero attached hydrogens (tertiary/aromatic N) is 2. The van der Waals surface area contributed by atoms with Crippen molar-refractivity contribution >= 4 is 33.7 Å². The summed E-state index contributed by atoms with van der Waals surface area (Å²) >= 11 is 10.3. The van der Waals surface area contributed by atoms with Gasteiger partial charge in [0.25, 0.3) is 10.5 Å². The molecular formula is C6H4Cl2N2O2. The number of carbonyl (C=O) groups excluding carboxylic acids is 2. The average Bonchev–Trinajstić information content (AvgIpc) is 2.30. The first-order valence-corrected chi connectivity index (χ1v) is 3.70. The molecule has 12 heavy (non-hydrogen) atoms.